The summed E-state index contributed by atoms with van der Waals surface area (Å²) in [5, 5.41) is 4.78. The molecule has 8 nitrogen and oxygen atoms in total. The highest BCUT2D eigenvalue weighted by Gasteiger charge is 2.58. The molecular formula is C25H29F3N4O4. The lowest BCUT2D eigenvalue weighted by atomic mass is 9.75. The van der Waals surface area contributed by atoms with E-state index in [1.165, 1.54) is 4.68 Å². The second kappa shape index (κ2) is 8.86. The normalized spacial score (nSPS) is 29.8. The lowest BCUT2D eigenvalue weighted by molar-refractivity contribution is -0.284. The summed E-state index contributed by atoms with van der Waals surface area (Å²) in [6, 6.07) is 6.26. The predicted molar refractivity (Wildman–Crippen MR) is 123 cm³/mol. The Morgan fingerprint density at radius 2 is 1.97 bits per heavy atom. The first kappa shape index (κ1) is 24.7. The highest BCUT2D eigenvalue weighted by molar-refractivity contribution is 6.04. The Morgan fingerprint density at radius 1 is 1.22 bits per heavy atom. The summed E-state index contributed by atoms with van der Waals surface area (Å²) in [4.78, 5) is 40.1. The number of likely N-dealkylation sites (tertiary alicyclic amines) is 1. The Balaban J connectivity index is 1.31. The maximum atomic E-state index is 13.7. The number of carbonyl (C=O) groups is 3. The minimum atomic E-state index is -4.50. The van der Waals surface area contributed by atoms with Crippen molar-refractivity contribution in [2.24, 2.45) is 17.6 Å². The largest absolute Gasteiger partial charge is 0.417 e. The number of ether oxygens (including phenoxy) is 1. The number of methoxy groups -OCH3 is 1. The van der Waals surface area contributed by atoms with Gasteiger partial charge in [0.25, 0.3) is 5.91 Å². The van der Waals surface area contributed by atoms with Crippen molar-refractivity contribution in [1.29, 1.82) is 0 Å². The number of carbonyl (C=O) groups excluding carboxylic acids is 3. The van der Waals surface area contributed by atoms with Crippen LogP contribution in [0.15, 0.2) is 24.3 Å². The molecule has 194 valence electrons. The monoisotopic (exact) mass is 506 g/mol. The summed E-state index contributed by atoms with van der Waals surface area (Å²) in [7, 11) is 1.07. The third-order valence-electron chi connectivity index (χ3n) is 8.15. The molecule has 0 spiro atoms. The number of benzene rings is 1. The number of nitrogens with two attached hydrogens (primary N) is 1. The predicted octanol–water partition coefficient (Wildman–Crippen LogP) is 3.22. The van der Waals surface area contributed by atoms with E-state index in [9.17, 15) is 27.6 Å². The molecule has 2 N–H and O–H groups in total. The maximum Gasteiger partial charge on any atom is 0.417 e. The lowest BCUT2D eigenvalue weighted by Crippen LogP contribution is -2.51. The lowest BCUT2D eigenvalue weighted by Gasteiger charge is -2.41. The molecule has 5 rings (SSSR count). The van der Waals surface area contributed by atoms with E-state index in [-0.39, 0.29) is 55.2 Å². The molecule has 3 fully saturated rings. The third-order valence-corrected chi connectivity index (χ3v) is 8.15. The minimum absolute atomic E-state index is 0.00833. The van der Waals surface area contributed by atoms with Crippen molar-refractivity contribution in [3.05, 3.63) is 30.0 Å². The van der Waals surface area contributed by atoms with Gasteiger partial charge in [0.05, 0.1) is 11.6 Å². The summed E-state index contributed by atoms with van der Waals surface area (Å²) < 4.78 is 47.5. The molecule has 36 heavy (non-hydrogen) atoms. The third kappa shape index (κ3) is 4.16. The zero-order chi connectivity index (χ0) is 25.8. The van der Waals surface area contributed by atoms with E-state index in [0.717, 1.165) is 13.5 Å². The van der Waals surface area contributed by atoms with E-state index in [4.69, 9.17) is 10.5 Å². The van der Waals surface area contributed by atoms with Gasteiger partial charge in [-0.2, -0.15) is 18.3 Å². The maximum absolute atomic E-state index is 13.7. The molecule has 0 bridgehead atoms. The number of ketones is 1. The van der Waals surface area contributed by atoms with Gasteiger partial charge in [0.15, 0.2) is 17.1 Å². The van der Waals surface area contributed by atoms with Crippen LogP contribution < -0.4 is 5.73 Å². The molecular weight excluding hydrogens is 477 g/mol. The van der Waals surface area contributed by atoms with Gasteiger partial charge in [0.1, 0.15) is 6.54 Å². The number of hydrogen-bond acceptors (Lipinski definition) is 5. The van der Waals surface area contributed by atoms with Crippen LogP contribution in [0.1, 0.15) is 55.4 Å². The molecule has 2 aromatic rings. The second-order valence-corrected chi connectivity index (χ2v) is 10.3. The van der Waals surface area contributed by atoms with Crippen molar-refractivity contribution in [2.45, 2.75) is 75.4 Å². The van der Waals surface area contributed by atoms with Gasteiger partial charge in [0, 0.05) is 25.0 Å². The molecule has 1 aromatic heterocycles. The fourth-order valence-corrected chi connectivity index (χ4v) is 6.24. The van der Waals surface area contributed by atoms with Crippen molar-refractivity contribution >= 4 is 28.5 Å². The number of aromatic nitrogens is 2. The fraction of sp³-hybridized carbons (Fsp3) is 0.600. The Labute approximate surface area is 205 Å². The summed E-state index contributed by atoms with van der Waals surface area (Å²) in [5.41, 5.74) is 3.88. The zero-order valence-corrected chi connectivity index (χ0v) is 20.0. The summed E-state index contributed by atoms with van der Waals surface area (Å²) >= 11 is 0. The van der Waals surface area contributed by atoms with Crippen LogP contribution in [0.25, 0.3) is 10.9 Å². The van der Waals surface area contributed by atoms with Crippen LogP contribution in [0.3, 0.4) is 0 Å². The van der Waals surface area contributed by atoms with Gasteiger partial charge in [-0.15, -0.1) is 0 Å². The van der Waals surface area contributed by atoms with E-state index in [1.807, 2.05) is 0 Å². The van der Waals surface area contributed by atoms with Crippen molar-refractivity contribution < 1.29 is 32.3 Å². The summed E-state index contributed by atoms with van der Waals surface area (Å²) in [6.07, 6.45) is -2.67. The van der Waals surface area contributed by atoms with Gasteiger partial charge < -0.3 is 15.4 Å². The molecule has 2 heterocycles. The highest BCUT2D eigenvalue weighted by atomic mass is 19.4. The van der Waals surface area contributed by atoms with Crippen molar-refractivity contribution in [2.75, 3.05) is 7.11 Å². The Morgan fingerprint density at radius 3 is 2.67 bits per heavy atom. The minimum Gasteiger partial charge on any atom is -0.369 e. The van der Waals surface area contributed by atoms with E-state index >= 15 is 0 Å². The van der Waals surface area contributed by atoms with Gasteiger partial charge in [0.2, 0.25) is 5.91 Å². The quantitative estimate of drug-likeness (QED) is 0.621. The van der Waals surface area contributed by atoms with E-state index < -0.39 is 29.6 Å². The van der Waals surface area contributed by atoms with Gasteiger partial charge in [-0.3, -0.25) is 19.1 Å². The first-order valence-corrected chi connectivity index (χ1v) is 12.3. The molecule has 1 aliphatic heterocycles. The van der Waals surface area contributed by atoms with Crippen LogP contribution in [0, 0.1) is 11.8 Å². The summed E-state index contributed by atoms with van der Waals surface area (Å²) in [6.45, 7) is -0.162. The van der Waals surface area contributed by atoms with Crippen LogP contribution in [-0.4, -0.2) is 63.2 Å². The Bertz CT molecular complexity index is 1210. The SMILES string of the molecule is COC1(C(F)(F)F)CCCC(CC(=O)[C@@H]2C[C@H]3C[C@H]3N2C(=O)Cn2nc(C(N)=O)c3ccccc32)C1. The molecule has 1 saturated heterocycles. The van der Waals surface area contributed by atoms with Gasteiger partial charge >= 0.3 is 6.18 Å². The number of Topliss-reactive ketones (excluding diaryl/α,β-unsaturated/α-hetero) is 1. The number of piperidine rings is 1. The molecule has 1 aromatic carbocycles. The number of nitrogens with zero attached hydrogens (tertiary/aromatic N) is 3. The number of halogens is 3. The number of primary amides is 1. The first-order chi connectivity index (χ1) is 17.0. The molecule has 2 unspecified atom stereocenters. The smallest absolute Gasteiger partial charge is 0.369 e. The summed E-state index contributed by atoms with van der Waals surface area (Å²) in [5.74, 6) is -1.41. The number of amides is 2. The van der Waals surface area contributed by atoms with Crippen LogP contribution in [0.4, 0.5) is 13.2 Å². The Hall–Kier alpha value is -2.95. The molecule has 2 amide bonds. The molecule has 11 heteroatoms. The number of fused-ring (bicyclic) bond motifs is 2. The standard InChI is InChI=1S/C25H29F3N4O4/c1-36-24(25(26,27)28)8-4-5-14(12-24)9-20(33)19-11-15-10-18(15)32(19)21(34)13-31-17-7-3-2-6-16(17)22(30-31)23(29)35/h2-3,6-7,14-15,18-19H,4-5,8-13H2,1H3,(H2,29,35)/t14?,15-,18-,19+,24?/m1/s1. The van der Waals surface area contributed by atoms with Crippen LogP contribution >= 0.6 is 0 Å². The van der Waals surface area contributed by atoms with Crippen LogP contribution in [-0.2, 0) is 20.9 Å². The molecule has 5 atom stereocenters. The Kier molecular flexibility index (Phi) is 6.09. The van der Waals surface area contributed by atoms with Crippen molar-refractivity contribution in [3.8, 4) is 0 Å². The molecule has 0 radical (unpaired) electrons. The first-order valence-electron chi connectivity index (χ1n) is 12.3. The topological polar surface area (TPSA) is 108 Å². The van der Waals surface area contributed by atoms with E-state index in [0.29, 0.717) is 30.2 Å². The van der Waals surface area contributed by atoms with Crippen molar-refractivity contribution in [1.82, 2.24) is 14.7 Å². The average Bonchev–Trinajstić information content (AvgIpc) is 3.33. The molecule has 3 aliphatic rings. The average molecular weight is 507 g/mol. The number of para-hydroxylation sites is 1. The number of hydrogen-bond donors (Lipinski definition) is 1. The van der Waals surface area contributed by atoms with E-state index in [1.54, 1.807) is 29.2 Å². The zero-order valence-electron chi connectivity index (χ0n) is 20.0. The second-order valence-electron chi connectivity index (χ2n) is 10.3. The van der Waals surface area contributed by atoms with Crippen molar-refractivity contribution in [3.63, 3.8) is 0 Å². The highest BCUT2D eigenvalue weighted by Crippen LogP contribution is 2.50. The van der Waals surface area contributed by atoms with E-state index in [2.05, 4.69) is 5.10 Å². The molecule has 2 aliphatic carbocycles. The fourth-order valence-electron chi connectivity index (χ4n) is 6.24. The molecule has 2 saturated carbocycles. The number of rotatable bonds is 7. The van der Waals surface area contributed by atoms with Gasteiger partial charge in [-0.05, 0) is 56.4 Å². The van der Waals surface area contributed by atoms with Crippen LogP contribution in [0.5, 0.6) is 0 Å². The number of alkyl halides is 3. The van der Waals surface area contributed by atoms with Gasteiger partial charge in [-0.25, -0.2) is 0 Å². The van der Waals surface area contributed by atoms with Crippen LogP contribution in [0.2, 0.25) is 0 Å². The van der Waals surface area contributed by atoms with Gasteiger partial charge in [-0.1, -0.05) is 18.2 Å².